The molecule has 1 fully saturated rings. The Labute approximate surface area is 122 Å². The van der Waals surface area contributed by atoms with Crippen LogP contribution in [0.3, 0.4) is 0 Å². The van der Waals surface area contributed by atoms with E-state index in [-0.39, 0.29) is 0 Å². The van der Waals surface area contributed by atoms with E-state index in [1.165, 1.54) is 25.7 Å². The first-order valence-corrected chi connectivity index (χ1v) is 8.12. The van der Waals surface area contributed by atoms with Crippen molar-refractivity contribution in [3.8, 4) is 0 Å². The molecule has 0 radical (unpaired) electrons. The van der Waals surface area contributed by atoms with E-state index >= 15 is 0 Å². The molecular weight excluding hydrogens is 250 g/mol. The number of aromatic nitrogens is 2. The molecule has 1 N–H and O–H groups in total. The van der Waals surface area contributed by atoms with E-state index in [0.29, 0.717) is 12.1 Å². The predicted octanol–water partition coefficient (Wildman–Crippen LogP) is 3.29. The molecule has 4 nitrogen and oxygen atoms in total. The molecule has 114 valence electrons. The number of hydrogen-bond acceptors (Lipinski definition) is 3. The molecule has 4 heteroatoms. The average molecular weight is 279 g/mol. The van der Waals surface area contributed by atoms with Gasteiger partial charge in [-0.15, -0.1) is 0 Å². The standard InChI is InChI=1S/C16H29N3O/c1-14(2)20-12-6-5-10-17-13-15-9-11-19(18-15)16-7-3-4-8-16/h9,11,14,16-17H,3-8,10,12-13H2,1-2H3. The molecule has 0 saturated heterocycles. The van der Waals surface area contributed by atoms with E-state index in [4.69, 9.17) is 4.74 Å². The molecule has 0 aliphatic heterocycles. The summed E-state index contributed by atoms with van der Waals surface area (Å²) in [5.74, 6) is 0. The van der Waals surface area contributed by atoms with Gasteiger partial charge in [0.15, 0.2) is 0 Å². The molecule has 20 heavy (non-hydrogen) atoms. The van der Waals surface area contributed by atoms with Crippen molar-refractivity contribution in [1.82, 2.24) is 15.1 Å². The summed E-state index contributed by atoms with van der Waals surface area (Å²) < 4.78 is 7.69. The first-order valence-electron chi connectivity index (χ1n) is 8.12. The third-order valence-corrected chi connectivity index (χ3v) is 3.87. The normalized spacial score (nSPS) is 16.4. The zero-order valence-electron chi connectivity index (χ0n) is 13.0. The number of hydrogen-bond donors (Lipinski definition) is 1. The van der Waals surface area contributed by atoms with Crippen molar-refractivity contribution < 1.29 is 4.74 Å². The van der Waals surface area contributed by atoms with Crippen LogP contribution in [-0.4, -0.2) is 29.0 Å². The van der Waals surface area contributed by atoms with Gasteiger partial charge in [0.25, 0.3) is 0 Å². The first-order chi connectivity index (χ1) is 9.75. The zero-order valence-corrected chi connectivity index (χ0v) is 13.0. The van der Waals surface area contributed by atoms with Gasteiger partial charge in [0.2, 0.25) is 0 Å². The maximum Gasteiger partial charge on any atom is 0.0762 e. The lowest BCUT2D eigenvalue weighted by Crippen LogP contribution is -2.16. The van der Waals surface area contributed by atoms with Crippen molar-refractivity contribution in [1.29, 1.82) is 0 Å². The van der Waals surface area contributed by atoms with Crippen LogP contribution in [0.5, 0.6) is 0 Å². The molecule has 0 amide bonds. The Balaban J connectivity index is 1.55. The molecule has 0 unspecified atom stereocenters. The van der Waals surface area contributed by atoms with Crippen LogP contribution in [0.2, 0.25) is 0 Å². The van der Waals surface area contributed by atoms with E-state index in [1.807, 2.05) is 0 Å². The van der Waals surface area contributed by atoms with Gasteiger partial charge in [-0.05, 0) is 52.1 Å². The average Bonchev–Trinajstić information content (AvgIpc) is 3.08. The smallest absolute Gasteiger partial charge is 0.0762 e. The summed E-state index contributed by atoms with van der Waals surface area (Å²) in [5.41, 5.74) is 1.16. The van der Waals surface area contributed by atoms with Crippen LogP contribution in [0.4, 0.5) is 0 Å². The molecule has 0 aromatic carbocycles. The lowest BCUT2D eigenvalue weighted by molar-refractivity contribution is 0.0760. The highest BCUT2D eigenvalue weighted by molar-refractivity contribution is 4.99. The number of rotatable bonds is 9. The van der Waals surface area contributed by atoms with Crippen LogP contribution < -0.4 is 5.32 Å². The van der Waals surface area contributed by atoms with Gasteiger partial charge in [0, 0.05) is 19.3 Å². The van der Waals surface area contributed by atoms with Gasteiger partial charge < -0.3 is 10.1 Å². The summed E-state index contributed by atoms with van der Waals surface area (Å²) in [5, 5.41) is 8.14. The van der Waals surface area contributed by atoms with Crippen molar-refractivity contribution in [2.45, 2.75) is 71.1 Å². The first kappa shape index (κ1) is 15.5. The highest BCUT2D eigenvalue weighted by Gasteiger charge is 2.17. The Kier molecular flexibility index (Phi) is 6.54. The van der Waals surface area contributed by atoms with Gasteiger partial charge in [-0.3, -0.25) is 4.68 Å². The fourth-order valence-electron chi connectivity index (χ4n) is 2.73. The molecule has 1 aliphatic rings. The van der Waals surface area contributed by atoms with Crippen molar-refractivity contribution >= 4 is 0 Å². The quantitative estimate of drug-likeness (QED) is 0.705. The highest BCUT2D eigenvalue weighted by Crippen LogP contribution is 2.28. The Morgan fingerprint density at radius 2 is 2.15 bits per heavy atom. The third-order valence-electron chi connectivity index (χ3n) is 3.87. The fourth-order valence-corrected chi connectivity index (χ4v) is 2.73. The molecule has 1 aromatic rings. The van der Waals surface area contributed by atoms with Crippen LogP contribution in [0.1, 0.15) is 64.1 Å². The molecule has 1 aromatic heterocycles. The number of nitrogens with one attached hydrogen (secondary N) is 1. The van der Waals surface area contributed by atoms with E-state index < -0.39 is 0 Å². The van der Waals surface area contributed by atoms with E-state index in [1.54, 1.807) is 0 Å². The Morgan fingerprint density at radius 1 is 1.35 bits per heavy atom. The minimum absolute atomic E-state index is 0.350. The molecule has 2 rings (SSSR count). The second kappa shape index (κ2) is 8.42. The van der Waals surface area contributed by atoms with Crippen molar-refractivity contribution in [2.24, 2.45) is 0 Å². The van der Waals surface area contributed by atoms with Crippen molar-refractivity contribution in [3.63, 3.8) is 0 Å². The predicted molar refractivity (Wildman–Crippen MR) is 81.8 cm³/mol. The third kappa shape index (κ3) is 5.25. The lowest BCUT2D eigenvalue weighted by Gasteiger charge is -2.09. The van der Waals surface area contributed by atoms with E-state index in [2.05, 4.69) is 41.2 Å². The molecule has 0 atom stereocenters. The summed E-state index contributed by atoms with van der Waals surface area (Å²) in [6, 6.07) is 2.80. The largest absolute Gasteiger partial charge is 0.379 e. The maximum atomic E-state index is 5.52. The van der Waals surface area contributed by atoms with Crippen LogP contribution in [0.15, 0.2) is 12.3 Å². The van der Waals surface area contributed by atoms with Crippen molar-refractivity contribution in [2.75, 3.05) is 13.2 Å². The molecule has 1 heterocycles. The fraction of sp³-hybridized carbons (Fsp3) is 0.812. The number of unbranched alkanes of at least 4 members (excludes halogenated alkanes) is 1. The maximum absolute atomic E-state index is 5.52. The van der Waals surface area contributed by atoms with Crippen LogP contribution in [0.25, 0.3) is 0 Å². The molecule has 1 saturated carbocycles. The van der Waals surface area contributed by atoms with Gasteiger partial charge in [-0.2, -0.15) is 5.10 Å². The molecule has 1 aliphatic carbocycles. The minimum Gasteiger partial charge on any atom is -0.379 e. The lowest BCUT2D eigenvalue weighted by atomic mass is 10.3. The summed E-state index contributed by atoms with van der Waals surface area (Å²) in [7, 11) is 0. The second-order valence-corrected chi connectivity index (χ2v) is 6.03. The molecular formula is C16H29N3O. The SMILES string of the molecule is CC(C)OCCCCNCc1ccn(C2CCCC2)n1. The van der Waals surface area contributed by atoms with Crippen molar-refractivity contribution in [3.05, 3.63) is 18.0 Å². The Bertz CT molecular complexity index is 370. The minimum atomic E-state index is 0.350. The summed E-state index contributed by atoms with van der Waals surface area (Å²) >= 11 is 0. The van der Waals surface area contributed by atoms with Gasteiger partial charge in [-0.1, -0.05) is 12.8 Å². The van der Waals surface area contributed by atoms with Crippen LogP contribution in [0, 0.1) is 0 Å². The highest BCUT2D eigenvalue weighted by atomic mass is 16.5. The van der Waals surface area contributed by atoms with Gasteiger partial charge >= 0.3 is 0 Å². The van der Waals surface area contributed by atoms with E-state index in [9.17, 15) is 0 Å². The molecule has 0 bridgehead atoms. The summed E-state index contributed by atoms with van der Waals surface area (Å²) in [6.07, 6.45) is 10.1. The van der Waals surface area contributed by atoms with Crippen LogP contribution >= 0.6 is 0 Å². The van der Waals surface area contributed by atoms with Gasteiger partial charge in [0.1, 0.15) is 0 Å². The second-order valence-electron chi connectivity index (χ2n) is 6.03. The van der Waals surface area contributed by atoms with E-state index in [0.717, 1.165) is 38.2 Å². The topological polar surface area (TPSA) is 39.1 Å². The monoisotopic (exact) mass is 279 g/mol. The Hall–Kier alpha value is -0.870. The Morgan fingerprint density at radius 3 is 2.90 bits per heavy atom. The summed E-state index contributed by atoms with van der Waals surface area (Å²) in [6.45, 7) is 6.95. The molecule has 0 spiro atoms. The van der Waals surface area contributed by atoms with Gasteiger partial charge in [-0.25, -0.2) is 0 Å². The van der Waals surface area contributed by atoms with Gasteiger partial charge in [0.05, 0.1) is 17.8 Å². The summed E-state index contributed by atoms with van der Waals surface area (Å²) in [4.78, 5) is 0. The number of ether oxygens (including phenoxy) is 1. The van der Waals surface area contributed by atoms with Crippen LogP contribution in [-0.2, 0) is 11.3 Å². The zero-order chi connectivity index (χ0) is 14.2. The number of nitrogens with zero attached hydrogens (tertiary/aromatic N) is 2.